The minimum Gasteiger partial charge on any atom is -0.366 e. The number of primary amides is 2. The van der Waals surface area contributed by atoms with E-state index in [9.17, 15) is 9.59 Å². The molecule has 0 atom stereocenters. The predicted molar refractivity (Wildman–Crippen MR) is 56.6 cm³/mol. The second-order valence-corrected chi connectivity index (χ2v) is 3.21. The van der Waals surface area contributed by atoms with E-state index in [1.807, 2.05) is 0 Å². The van der Waals surface area contributed by atoms with Crippen LogP contribution in [0.4, 0.5) is 0 Å². The summed E-state index contributed by atoms with van der Waals surface area (Å²) in [5.41, 5.74) is 11.2. The quantitative estimate of drug-likeness (QED) is 0.725. The molecule has 0 saturated heterocycles. The number of aromatic nitrogens is 2. The third-order valence-electron chi connectivity index (χ3n) is 2.10. The Balaban J connectivity index is 2.65. The standard InChI is InChI=1S/C10H8N4O2/c11-9(15)6-1-5-2-7(10(12)16)14-4-8(5)13-3-6/h1-4H,(H2,11,15)(H2,12,16). The third-order valence-corrected chi connectivity index (χ3v) is 2.10. The topological polar surface area (TPSA) is 112 Å². The number of carbonyl (C=O) groups excluding carboxylic acids is 2. The number of nitrogens with zero attached hydrogens (tertiary/aromatic N) is 2. The summed E-state index contributed by atoms with van der Waals surface area (Å²) in [6.45, 7) is 0. The number of rotatable bonds is 2. The molecule has 2 heterocycles. The van der Waals surface area contributed by atoms with E-state index in [2.05, 4.69) is 9.97 Å². The Labute approximate surface area is 90.3 Å². The normalized spacial score (nSPS) is 10.2. The van der Waals surface area contributed by atoms with Gasteiger partial charge in [0.15, 0.2) is 0 Å². The van der Waals surface area contributed by atoms with Crippen molar-refractivity contribution >= 4 is 22.7 Å². The summed E-state index contributed by atoms with van der Waals surface area (Å²) in [4.78, 5) is 29.7. The second kappa shape index (κ2) is 3.58. The fourth-order valence-electron chi connectivity index (χ4n) is 1.30. The van der Waals surface area contributed by atoms with Gasteiger partial charge in [-0.3, -0.25) is 14.6 Å². The first-order valence-corrected chi connectivity index (χ1v) is 4.43. The number of hydrogen-bond acceptors (Lipinski definition) is 4. The van der Waals surface area contributed by atoms with Gasteiger partial charge in [0.1, 0.15) is 5.69 Å². The summed E-state index contributed by atoms with van der Waals surface area (Å²) in [7, 11) is 0. The van der Waals surface area contributed by atoms with Gasteiger partial charge in [0, 0.05) is 11.6 Å². The molecule has 0 radical (unpaired) electrons. The molecule has 0 aliphatic carbocycles. The lowest BCUT2D eigenvalue weighted by molar-refractivity contribution is 0.0990. The minimum absolute atomic E-state index is 0.121. The second-order valence-electron chi connectivity index (χ2n) is 3.21. The Hall–Kier alpha value is -2.50. The van der Waals surface area contributed by atoms with Crippen molar-refractivity contribution in [3.63, 3.8) is 0 Å². The molecular formula is C10H8N4O2. The summed E-state index contributed by atoms with van der Waals surface area (Å²) in [5.74, 6) is -1.21. The van der Waals surface area contributed by atoms with Gasteiger partial charge >= 0.3 is 0 Å². The molecule has 0 spiro atoms. The van der Waals surface area contributed by atoms with Crippen LogP contribution in [0.25, 0.3) is 10.9 Å². The van der Waals surface area contributed by atoms with Crippen molar-refractivity contribution in [3.05, 3.63) is 35.8 Å². The first kappa shape index (κ1) is 10.0. The molecule has 0 unspecified atom stereocenters. The molecule has 0 saturated carbocycles. The molecule has 2 rings (SSSR count). The summed E-state index contributed by atoms with van der Waals surface area (Å²) >= 11 is 0. The van der Waals surface area contributed by atoms with Crippen molar-refractivity contribution < 1.29 is 9.59 Å². The molecule has 16 heavy (non-hydrogen) atoms. The number of carbonyl (C=O) groups is 2. The van der Waals surface area contributed by atoms with Crippen molar-refractivity contribution in [1.82, 2.24) is 9.97 Å². The molecule has 0 aromatic carbocycles. The maximum atomic E-state index is 10.9. The van der Waals surface area contributed by atoms with Gasteiger partial charge < -0.3 is 11.5 Å². The van der Waals surface area contributed by atoms with Crippen molar-refractivity contribution in [1.29, 1.82) is 0 Å². The van der Waals surface area contributed by atoms with E-state index in [1.54, 1.807) is 6.07 Å². The SMILES string of the molecule is NC(=O)c1cnc2cnc(C(N)=O)cc2c1. The Morgan fingerprint density at radius 1 is 1.00 bits per heavy atom. The van der Waals surface area contributed by atoms with Crippen molar-refractivity contribution in [2.45, 2.75) is 0 Å². The largest absolute Gasteiger partial charge is 0.366 e. The van der Waals surface area contributed by atoms with Crippen LogP contribution in [0, 0.1) is 0 Å². The minimum atomic E-state index is -0.633. The van der Waals surface area contributed by atoms with Gasteiger partial charge in [-0.15, -0.1) is 0 Å². The Bertz CT molecular complexity index is 546. The van der Waals surface area contributed by atoms with E-state index in [0.29, 0.717) is 10.9 Å². The Morgan fingerprint density at radius 2 is 1.75 bits per heavy atom. The zero-order valence-electron chi connectivity index (χ0n) is 8.18. The highest BCUT2D eigenvalue weighted by molar-refractivity contribution is 5.98. The zero-order valence-corrected chi connectivity index (χ0v) is 8.18. The van der Waals surface area contributed by atoms with Crippen molar-refractivity contribution in [2.24, 2.45) is 11.5 Å². The predicted octanol–water partition coefficient (Wildman–Crippen LogP) is -0.172. The van der Waals surface area contributed by atoms with Gasteiger partial charge in [0.05, 0.1) is 17.3 Å². The highest BCUT2D eigenvalue weighted by Gasteiger charge is 2.06. The van der Waals surface area contributed by atoms with E-state index in [1.165, 1.54) is 18.5 Å². The number of hydrogen-bond donors (Lipinski definition) is 2. The van der Waals surface area contributed by atoms with Crippen LogP contribution in [-0.2, 0) is 0 Å². The lowest BCUT2D eigenvalue weighted by Gasteiger charge is -2.00. The average molecular weight is 216 g/mol. The highest BCUT2D eigenvalue weighted by atomic mass is 16.1. The van der Waals surface area contributed by atoms with Crippen LogP contribution in [0.2, 0.25) is 0 Å². The van der Waals surface area contributed by atoms with Crippen LogP contribution < -0.4 is 11.5 Å². The Morgan fingerprint density at radius 3 is 2.38 bits per heavy atom. The molecular weight excluding hydrogens is 208 g/mol. The van der Waals surface area contributed by atoms with Gasteiger partial charge in [0.25, 0.3) is 5.91 Å². The van der Waals surface area contributed by atoms with E-state index in [4.69, 9.17) is 11.5 Å². The van der Waals surface area contributed by atoms with E-state index >= 15 is 0 Å². The summed E-state index contributed by atoms with van der Waals surface area (Å²) in [5, 5.41) is 0.597. The van der Waals surface area contributed by atoms with E-state index in [0.717, 1.165) is 0 Å². The first-order chi connectivity index (χ1) is 7.58. The van der Waals surface area contributed by atoms with Crippen molar-refractivity contribution in [3.8, 4) is 0 Å². The third kappa shape index (κ3) is 1.68. The van der Waals surface area contributed by atoms with Gasteiger partial charge in [-0.25, -0.2) is 4.98 Å². The lowest BCUT2D eigenvalue weighted by atomic mass is 10.1. The fourth-order valence-corrected chi connectivity index (χ4v) is 1.30. The summed E-state index contributed by atoms with van der Waals surface area (Å²) in [6.07, 6.45) is 2.77. The average Bonchev–Trinajstić information content (AvgIpc) is 2.27. The molecule has 0 bridgehead atoms. The maximum Gasteiger partial charge on any atom is 0.267 e. The van der Waals surface area contributed by atoms with Crippen LogP contribution in [0.5, 0.6) is 0 Å². The first-order valence-electron chi connectivity index (χ1n) is 4.43. The molecule has 0 fully saturated rings. The molecule has 6 nitrogen and oxygen atoms in total. The zero-order chi connectivity index (χ0) is 11.7. The molecule has 2 aromatic rings. The highest BCUT2D eigenvalue weighted by Crippen LogP contribution is 2.13. The number of pyridine rings is 2. The molecule has 2 aromatic heterocycles. The van der Waals surface area contributed by atoms with Gasteiger partial charge in [0.2, 0.25) is 5.91 Å². The lowest BCUT2D eigenvalue weighted by Crippen LogP contribution is -2.13. The smallest absolute Gasteiger partial charge is 0.267 e. The molecule has 6 heteroatoms. The number of amides is 2. The molecule has 80 valence electrons. The maximum absolute atomic E-state index is 10.9. The summed E-state index contributed by atoms with van der Waals surface area (Å²) < 4.78 is 0. The number of nitrogens with two attached hydrogens (primary N) is 2. The fraction of sp³-hybridized carbons (Fsp3) is 0. The molecule has 0 aliphatic heterocycles. The molecule has 4 N–H and O–H groups in total. The van der Waals surface area contributed by atoms with Crippen LogP contribution in [0.1, 0.15) is 20.8 Å². The van der Waals surface area contributed by atoms with Crippen LogP contribution >= 0.6 is 0 Å². The van der Waals surface area contributed by atoms with Gasteiger partial charge in [-0.05, 0) is 12.1 Å². The van der Waals surface area contributed by atoms with Crippen LogP contribution in [0.15, 0.2) is 24.5 Å². The van der Waals surface area contributed by atoms with Gasteiger partial charge in [-0.2, -0.15) is 0 Å². The molecule has 2 amide bonds. The monoisotopic (exact) mass is 216 g/mol. The van der Waals surface area contributed by atoms with Crippen LogP contribution in [-0.4, -0.2) is 21.8 Å². The Kier molecular flexibility index (Phi) is 2.24. The van der Waals surface area contributed by atoms with Gasteiger partial charge in [-0.1, -0.05) is 0 Å². The van der Waals surface area contributed by atoms with Crippen LogP contribution in [0.3, 0.4) is 0 Å². The summed E-state index contributed by atoms with van der Waals surface area (Å²) in [6, 6.07) is 3.01. The van der Waals surface area contributed by atoms with Crippen molar-refractivity contribution in [2.75, 3.05) is 0 Å². The molecule has 0 aliphatic rings. The number of fused-ring (bicyclic) bond motifs is 1. The van der Waals surface area contributed by atoms with E-state index in [-0.39, 0.29) is 11.3 Å². The van der Waals surface area contributed by atoms with E-state index < -0.39 is 11.8 Å².